The average Bonchev–Trinajstić information content (AvgIpc) is 2.86. The highest BCUT2D eigenvalue weighted by Crippen LogP contribution is 2.18. The molecule has 34 heavy (non-hydrogen) atoms. The summed E-state index contributed by atoms with van der Waals surface area (Å²) in [5.41, 5.74) is -4.39. The first-order valence-electron chi connectivity index (χ1n) is 10.8. The van der Waals surface area contributed by atoms with Crippen LogP contribution in [0.25, 0.3) is 0 Å². The number of nitrogens with zero attached hydrogens (tertiary/aromatic N) is 1. The second kappa shape index (κ2) is 15.2. The number of ether oxygens (including phenoxy) is 3. The van der Waals surface area contributed by atoms with Crippen LogP contribution in [0.4, 0.5) is 0 Å². The number of hydrogen-bond acceptors (Lipinski definition) is 13. The van der Waals surface area contributed by atoms with Gasteiger partial charge in [0.05, 0.1) is 39.6 Å². The standard InChI is InChI=1S/C21H39NO12/c1-19(10-23,11-24)16(29)32-7-4-22(5-8-33-17(30)20(2,12-25)13-26)6-9-34-18(31)21(3,14-27)15-28/h23-28H,4-15H2,1-3H3. The summed E-state index contributed by atoms with van der Waals surface area (Å²) < 4.78 is 15.3. The summed E-state index contributed by atoms with van der Waals surface area (Å²) in [6.07, 6.45) is 0. The summed E-state index contributed by atoms with van der Waals surface area (Å²) in [4.78, 5) is 37.9. The van der Waals surface area contributed by atoms with Crippen molar-refractivity contribution in [3.63, 3.8) is 0 Å². The topological polar surface area (TPSA) is 204 Å². The second-order valence-electron chi connectivity index (χ2n) is 8.88. The average molecular weight is 498 g/mol. The van der Waals surface area contributed by atoms with Crippen LogP contribution >= 0.6 is 0 Å². The minimum absolute atomic E-state index is 0.113. The fraction of sp³-hybridized carbons (Fsp3) is 0.857. The molecule has 13 nitrogen and oxygen atoms in total. The molecule has 200 valence electrons. The maximum absolute atomic E-state index is 12.1. The van der Waals surface area contributed by atoms with Gasteiger partial charge in [-0.15, -0.1) is 0 Å². The molecule has 0 aromatic carbocycles. The van der Waals surface area contributed by atoms with E-state index in [4.69, 9.17) is 14.2 Å². The van der Waals surface area contributed by atoms with Crippen LogP contribution in [0.2, 0.25) is 0 Å². The lowest BCUT2D eigenvalue weighted by atomic mass is 9.93. The SMILES string of the molecule is CC(CO)(CO)C(=O)OCCN(CCOC(=O)C(C)(CO)CO)CCOC(=O)C(C)(CO)CO. The van der Waals surface area contributed by atoms with E-state index in [-0.39, 0.29) is 39.5 Å². The molecular formula is C21H39NO12. The highest BCUT2D eigenvalue weighted by molar-refractivity contribution is 5.77. The van der Waals surface area contributed by atoms with Gasteiger partial charge in [-0.05, 0) is 20.8 Å². The quantitative estimate of drug-likeness (QED) is 0.0821. The van der Waals surface area contributed by atoms with Crippen molar-refractivity contribution in [2.75, 3.05) is 79.1 Å². The molecule has 0 radical (unpaired) electrons. The van der Waals surface area contributed by atoms with Gasteiger partial charge in [-0.25, -0.2) is 0 Å². The number of carbonyl (C=O) groups excluding carboxylic acids is 3. The van der Waals surface area contributed by atoms with E-state index in [2.05, 4.69) is 0 Å². The highest BCUT2D eigenvalue weighted by Gasteiger charge is 2.35. The van der Waals surface area contributed by atoms with Gasteiger partial charge in [-0.2, -0.15) is 0 Å². The van der Waals surface area contributed by atoms with Gasteiger partial charge >= 0.3 is 17.9 Å². The molecule has 0 rings (SSSR count). The van der Waals surface area contributed by atoms with Crippen molar-refractivity contribution in [3.8, 4) is 0 Å². The third kappa shape index (κ3) is 9.41. The van der Waals surface area contributed by atoms with Crippen molar-refractivity contribution in [2.45, 2.75) is 20.8 Å². The van der Waals surface area contributed by atoms with Crippen LogP contribution < -0.4 is 0 Å². The Labute approximate surface area is 198 Å². The van der Waals surface area contributed by atoms with Crippen molar-refractivity contribution in [2.24, 2.45) is 16.2 Å². The normalized spacial score (nSPS) is 12.5. The molecule has 0 amide bonds. The molecule has 6 N–H and O–H groups in total. The van der Waals surface area contributed by atoms with Crippen molar-refractivity contribution < 1.29 is 59.2 Å². The fourth-order valence-electron chi connectivity index (χ4n) is 2.20. The van der Waals surface area contributed by atoms with Crippen LogP contribution in [0.15, 0.2) is 0 Å². The first-order valence-corrected chi connectivity index (χ1v) is 10.8. The predicted molar refractivity (Wildman–Crippen MR) is 116 cm³/mol. The number of carbonyl (C=O) groups is 3. The first-order chi connectivity index (χ1) is 15.9. The maximum atomic E-state index is 12.1. The van der Waals surface area contributed by atoms with Gasteiger partial charge in [-0.3, -0.25) is 19.3 Å². The van der Waals surface area contributed by atoms with Gasteiger partial charge in [0.15, 0.2) is 0 Å². The van der Waals surface area contributed by atoms with E-state index in [0.29, 0.717) is 0 Å². The molecule has 0 aromatic heterocycles. The molecule has 13 heteroatoms. The summed E-state index contributed by atoms with van der Waals surface area (Å²) in [6.45, 7) is 0.253. The number of esters is 3. The third-order valence-corrected chi connectivity index (χ3v) is 5.49. The minimum Gasteiger partial charge on any atom is -0.464 e. The Kier molecular flexibility index (Phi) is 14.4. The van der Waals surface area contributed by atoms with E-state index in [1.807, 2.05) is 0 Å². The van der Waals surface area contributed by atoms with Crippen LogP contribution in [0, 0.1) is 16.2 Å². The van der Waals surface area contributed by atoms with Gasteiger partial charge in [-0.1, -0.05) is 0 Å². The van der Waals surface area contributed by atoms with E-state index in [9.17, 15) is 45.0 Å². The molecule has 0 atom stereocenters. The van der Waals surface area contributed by atoms with Gasteiger partial charge < -0.3 is 44.8 Å². The number of rotatable bonds is 18. The van der Waals surface area contributed by atoms with Gasteiger partial charge in [0, 0.05) is 19.6 Å². The summed E-state index contributed by atoms with van der Waals surface area (Å²) in [7, 11) is 0. The number of aliphatic hydroxyl groups is 6. The highest BCUT2D eigenvalue weighted by atomic mass is 16.5. The predicted octanol–water partition coefficient (Wildman–Crippen LogP) is -3.11. The zero-order chi connectivity index (χ0) is 26.4. The largest absolute Gasteiger partial charge is 0.464 e. The third-order valence-electron chi connectivity index (χ3n) is 5.49. The number of hydrogen-bond donors (Lipinski definition) is 6. The maximum Gasteiger partial charge on any atom is 0.316 e. The lowest BCUT2D eigenvalue weighted by molar-refractivity contribution is -0.161. The van der Waals surface area contributed by atoms with Crippen molar-refractivity contribution in [1.29, 1.82) is 0 Å². The van der Waals surface area contributed by atoms with E-state index in [1.165, 1.54) is 20.8 Å². The lowest BCUT2D eigenvalue weighted by Gasteiger charge is -2.27. The lowest BCUT2D eigenvalue weighted by Crippen LogP contribution is -2.42. The van der Waals surface area contributed by atoms with E-state index in [0.717, 1.165) is 0 Å². The Morgan fingerprint density at radius 3 is 0.912 bits per heavy atom. The molecule has 0 heterocycles. The molecule has 0 fully saturated rings. The molecule has 0 aliphatic heterocycles. The van der Waals surface area contributed by atoms with Crippen LogP contribution in [0.1, 0.15) is 20.8 Å². The van der Waals surface area contributed by atoms with E-state index in [1.54, 1.807) is 4.90 Å². The molecule has 0 aliphatic rings. The zero-order valence-electron chi connectivity index (χ0n) is 20.1. The van der Waals surface area contributed by atoms with Crippen LogP contribution in [0.3, 0.4) is 0 Å². The molecule has 0 bridgehead atoms. The van der Waals surface area contributed by atoms with Gasteiger partial charge in [0.1, 0.15) is 36.1 Å². The molecule has 0 aliphatic carbocycles. The van der Waals surface area contributed by atoms with Crippen molar-refractivity contribution in [1.82, 2.24) is 4.90 Å². The Balaban J connectivity index is 4.96. The molecule has 0 unspecified atom stereocenters. The van der Waals surface area contributed by atoms with Crippen LogP contribution in [-0.2, 0) is 28.6 Å². The Bertz CT molecular complexity index is 544. The van der Waals surface area contributed by atoms with E-state index >= 15 is 0 Å². The molecule has 0 aromatic rings. The Hall–Kier alpha value is -1.87. The first kappa shape index (κ1) is 32.1. The van der Waals surface area contributed by atoms with E-state index < -0.39 is 73.8 Å². The Morgan fingerprint density at radius 1 is 0.529 bits per heavy atom. The molecule has 0 saturated carbocycles. The molecule has 0 spiro atoms. The Morgan fingerprint density at radius 2 is 0.735 bits per heavy atom. The number of aliphatic hydroxyl groups excluding tert-OH is 6. The van der Waals surface area contributed by atoms with Gasteiger partial charge in [0.2, 0.25) is 0 Å². The summed E-state index contributed by atoms with van der Waals surface area (Å²) >= 11 is 0. The molecular weight excluding hydrogens is 458 g/mol. The smallest absolute Gasteiger partial charge is 0.316 e. The fourth-order valence-corrected chi connectivity index (χ4v) is 2.20. The second-order valence-corrected chi connectivity index (χ2v) is 8.88. The van der Waals surface area contributed by atoms with Crippen molar-refractivity contribution >= 4 is 17.9 Å². The van der Waals surface area contributed by atoms with Crippen molar-refractivity contribution in [3.05, 3.63) is 0 Å². The zero-order valence-corrected chi connectivity index (χ0v) is 20.1. The monoisotopic (exact) mass is 497 g/mol. The summed E-state index contributed by atoms with van der Waals surface area (Å²) in [5.74, 6) is -2.42. The summed E-state index contributed by atoms with van der Waals surface area (Å²) in [6, 6.07) is 0. The van der Waals surface area contributed by atoms with Crippen LogP contribution in [0.5, 0.6) is 0 Å². The van der Waals surface area contributed by atoms with Gasteiger partial charge in [0.25, 0.3) is 0 Å². The van der Waals surface area contributed by atoms with Crippen LogP contribution in [-0.4, -0.2) is 133 Å². The minimum atomic E-state index is -1.46. The summed E-state index contributed by atoms with van der Waals surface area (Å²) in [5, 5.41) is 55.6. The molecule has 0 saturated heterocycles.